The van der Waals surface area contributed by atoms with Gasteiger partial charge in [0.1, 0.15) is 5.82 Å². The molecule has 0 bridgehead atoms. The van der Waals surface area contributed by atoms with Crippen molar-refractivity contribution in [3.8, 4) is 22.5 Å². The Morgan fingerprint density at radius 1 is 1.00 bits per heavy atom. The molecule has 0 N–H and O–H groups in total. The fraction of sp³-hybridized carbons (Fsp3) is 0.0500. The van der Waals surface area contributed by atoms with Crippen LogP contribution in [0, 0.1) is 5.82 Å². The Hall–Kier alpha value is -3.34. The van der Waals surface area contributed by atoms with Crippen LogP contribution in [-0.4, -0.2) is 20.4 Å². The number of carbonyl (C=O) groups excluding carboxylic acids is 1. The minimum absolute atomic E-state index is 0.00984. The SMILES string of the molecule is CC(=O)c1cccc(-c2cnc3ccc(-c4ccc(F)cc4)nn23)c1. The Balaban J connectivity index is 1.85. The van der Waals surface area contributed by atoms with Crippen molar-refractivity contribution in [2.24, 2.45) is 0 Å². The Bertz CT molecular complexity index is 1080. The molecule has 0 aliphatic carbocycles. The van der Waals surface area contributed by atoms with Crippen LogP contribution >= 0.6 is 0 Å². The molecule has 0 radical (unpaired) electrons. The van der Waals surface area contributed by atoms with Crippen LogP contribution in [0.15, 0.2) is 66.9 Å². The lowest BCUT2D eigenvalue weighted by molar-refractivity contribution is 0.101. The van der Waals surface area contributed by atoms with Crippen LogP contribution in [-0.2, 0) is 0 Å². The van der Waals surface area contributed by atoms with Gasteiger partial charge in [0.05, 0.1) is 17.6 Å². The van der Waals surface area contributed by atoms with Crippen LogP contribution in [0.3, 0.4) is 0 Å². The summed E-state index contributed by atoms with van der Waals surface area (Å²) < 4.78 is 14.9. The molecule has 0 fully saturated rings. The van der Waals surface area contributed by atoms with Gasteiger partial charge in [-0.3, -0.25) is 4.79 Å². The average Bonchev–Trinajstić information content (AvgIpc) is 3.05. The molecule has 0 amide bonds. The van der Waals surface area contributed by atoms with Gasteiger partial charge in [0.15, 0.2) is 11.4 Å². The van der Waals surface area contributed by atoms with Gasteiger partial charge in [0.2, 0.25) is 0 Å². The van der Waals surface area contributed by atoms with Gasteiger partial charge >= 0.3 is 0 Å². The summed E-state index contributed by atoms with van der Waals surface area (Å²) >= 11 is 0. The van der Waals surface area contributed by atoms with Gasteiger partial charge in [-0.15, -0.1) is 0 Å². The van der Waals surface area contributed by atoms with E-state index in [9.17, 15) is 9.18 Å². The minimum atomic E-state index is -0.283. The lowest BCUT2D eigenvalue weighted by Gasteiger charge is -2.06. The monoisotopic (exact) mass is 331 g/mol. The van der Waals surface area contributed by atoms with Crippen molar-refractivity contribution in [3.05, 3.63) is 78.2 Å². The van der Waals surface area contributed by atoms with Crippen LogP contribution in [0.1, 0.15) is 17.3 Å². The van der Waals surface area contributed by atoms with E-state index in [1.807, 2.05) is 30.3 Å². The van der Waals surface area contributed by atoms with Gasteiger partial charge in [-0.2, -0.15) is 5.10 Å². The van der Waals surface area contributed by atoms with Crippen molar-refractivity contribution in [2.45, 2.75) is 6.92 Å². The summed E-state index contributed by atoms with van der Waals surface area (Å²) in [6.45, 7) is 1.54. The van der Waals surface area contributed by atoms with Gasteiger partial charge in [0.25, 0.3) is 0 Å². The lowest BCUT2D eigenvalue weighted by atomic mass is 10.1. The number of fused-ring (bicyclic) bond motifs is 1. The van der Waals surface area contributed by atoms with E-state index in [-0.39, 0.29) is 11.6 Å². The molecule has 4 nitrogen and oxygen atoms in total. The third-order valence-corrected chi connectivity index (χ3v) is 4.07. The number of hydrogen-bond donors (Lipinski definition) is 0. The predicted molar refractivity (Wildman–Crippen MR) is 93.8 cm³/mol. The summed E-state index contributed by atoms with van der Waals surface area (Å²) in [5.41, 5.74) is 4.54. The second kappa shape index (κ2) is 5.94. The molecule has 4 rings (SSSR count). The number of carbonyl (C=O) groups is 1. The first kappa shape index (κ1) is 15.2. The molecule has 2 heterocycles. The number of rotatable bonds is 3. The topological polar surface area (TPSA) is 47.3 Å². The molecule has 122 valence electrons. The maximum atomic E-state index is 13.1. The van der Waals surface area contributed by atoms with E-state index in [1.54, 1.807) is 35.8 Å². The zero-order valence-electron chi connectivity index (χ0n) is 13.5. The third-order valence-electron chi connectivity index (χ3n) is 4.07. The summed E-state index contributed by atoms with van der Waals surface area (Å²) in [5.74, 6) is -0.273. The maximum absolute atomic E-state index is 13.1. The van der Waals surface area contributed by atoms with Crippen LogP contribution in [0.2, 0.25) is 0 Å². The third kappa shape index (κ3) is 2.80. The number of benzene rings is 2. The van der Waals surface area contributed by atoms with E-state index < -0.39 is 0 Å². The Morgan fingerprint density at radius 3 is 2.56 bits per heavy atom. The molecule has 0 aliphatic heterocycles. The molecule has 0 unspecified atom stereocenters. The minimum Gasteiger partial charge on any atom is -0.295 e. The number of ketones is 1. The van der Waals surface area contributed by atoms with Crippen molar-refractivity contribution in [3.63, 3.8) is 0 Å². The highest BCUT2D eigenvalue weighted by Gasteiger charge is 2.10. The van der Waals surface area contributed by atoms with E-state index in [0.29, 0.717) is 11.2 Å². The highest BCUT2D eigenvalue weighted by Crippen LogP contribution is 2.24. The predicted octanol–water partition coefficient (Wildman–Crippen LogP) is 4.41. The molecule has 2 aromatic heterocycles. The van der Waals surface area contributed by atoms with Crippen LogP contribution < -0.4 is 0 Å². The van der Waals surface area contributed by atoms with Crippen LogP contribution in [0.25, 0.3) is 28.2 Å². The number of aromatic nitrogens is 3. The molecule has 0 atom stereocenters. The molecule has 0 aliphatic rings. The van der Waals surface area contributed by atoms with Gasteiger partial charge in [-0.25, -0.2) is 13.9 Å². The van der Waals surface area contributed by atoms with Gasteiger partial charge in [0, 0.05) is 16.7 Å². The van der Waals surface area contributed by atoms with Crippen LogP contribution in [0.4, 0.5) is 4.39 Å². The highest BCUT2D eigenvalue weighted by molar-refractivity contribution is 5.95. The highest BCUT2D eigenvalue weighted by atomic mass is 19.1. The summed E-state index contributed by atoms with van der Waals surface area (Å²) in [4.78, 5) is 16.0. The summed E-state index contributed by atoms with van der Waals surface area (Å²) in [6, 6.07) is 17.3. The van der Waals surface area contributed by atoms with E-state index >= 15 is 0 Å². The standard InChI is InChI=1S/C20H14FN3O/c1-13(25)15-3-2-4-16(11-15)19-12-22-20-10-9-18(23-24(19)20)14-5-7-17(21)8-6-14/h2-12H,1H3. The van der Waals surface area contributed by atoms with Crippen LogP contribution in [0.5, 0.6) is 0 Å². The maximum Gasteiger partial charge on any atom is 0.159 e. The van der Waals surface area contributed by atoms with E-state index in [4.69, 9.17) is 0 Å². The molecule has 0 spiro atoms. The number of halogens is 1. The Morgan fingerprint density at radius 2 is 1.80 bits per heavy atom. The second-order valence-corrected chi connectivity index (χ2v) is 5.78. The molecular formula is C20H14FN3O. The quantitative estimate of drug-likeness (QED) is 0.523. The zero-order valence-corrected chi connectivity index (χ0v) is 13.5. The van der Waals surface area contributed by atoms with Crippen molar-refractivity contribution in [2.75, 3.05) is 0 Å². The Labute approximate surface area is 143 Å². The number of imidazole rings is 1. The molecule has 5 heteroatoms. The smallest absolute Gasteiger partial charge is 0.159 e. The average molecular weight is 331 g/mol. The summed E-state index contributed by atoms with van der Waals surface area (Å²) in [7, 11) is 0. The van der Waals surface area contributed by atoms with Gasteiger partial charge < -0.3 is 0 Å². The summed E-state index contributed by atoms with van der Waals surface area (Å²) in [5, 5.41) is 4.63. The first-order chi connectivity index (χ1) is 12.1. The van der Waals surface area contributed by atoms with Crippen molar-refractivity contribution < 1.29 is 9.18 Å². The van der Waals surface area contributed by atoms with E-state index in [2.05, 4.69) is 10.1 Å². The zero-order chi connectivity index (χ0) is 17.4. The van der Waals surface area contributed by atoms with E-state index in [1.165, 1.54) is 12.1 Å². The second-order valence-electron chi connectivity index (χ2n) is 5.78. The van der Waals surface area contributed by atoms with Crippen molar-refractivity contribution >= 4 is 11.4 Å². The largest absolute Gasteiger partial charge is 0.295 e. The first-order valence-corrected chi connectivity index (χ1v) is 7.84. The molecule has 0 saturated carbocycles. The number of hydrogen-bond acceptors (Lipinski definition) is 3. The number of Topliss-reactive ketones (excluding diaryl/α,β-unsaturated/α-hetero) is 1. The normalized spacial score (nSPS) is 11.0. The molecule has 0 saturated heterocycles. The first-order valence-electron chi connectivity index (χ1n) is 7.84. The number of nitrogens with zero attached hydrogens (tertiary/aromatic N) is 3. The van der Waals surface area contributed by atoms with Gasteiger partial charge in [-0.1, -0.05) is 18.2 Å². The lowest BCUT2D eigenvalue weighted by Crippen LogP contribution is -1.98. The fourth-order valence-electron chi connectivity index (χ4n) is 2.74. The van der Waals surface area contributed by atoms with Gasteiger partial charge in [-0.05, 0) is 49.4 Å². The van der Waals surface area contributed by atoms with Crippen molar-refractivity contribution in [1.29, 1.82) is 0 Å². The molecule has 4 aromatic rings. The Kier molecular flexibility index (Phi) is 3.61. The summed E-state index contributed by atoms with van der Waals surface area (Å²) in [6.07, 6.45) is 1.73. The van der Waals surface area contributed by atoms with Crippen molar-refractivity contribution in [1.82, 2.24) is 14.6 Å². The molecular weight excluding hydrogens is 317 g/mol. The molecule has 2 aromatic carbocycles. The molecule has 25 heavy (non-hydrogen) atoms. The fourth-order valence-corrected chi connectivity index (χ4v) is 2.74. The van der Waals surface area contributed by atoms with E-state index in [0.717, 1.165) is 22.5 Å².